The van der Waals surface area contributed by atoms with Crippen LogP contribution >= 0.6 is 0 Å². The van der Waals surface area contributed by atoms with Gasteiger partial charge in [-0.15, -0.1) is 0 Å². The lowest BCUT2D eigenvalue weighted by Gasteiger charge is -2.34. The van der Waals surface area contributed by atoms with E-state index >= 15 is 0 Å². The van der Waals surface area contributed by atoms with Crippen LogP contribution in [0.15, 0.2) is 42.9 Å². The van der Waals surface area contributed by atoms with Crippen molar-refractivity contribution in [2.75, 3.05) is 29.9 Å². The van der Waals surface area contributed by atoms with Crippen LogP contribution in [0.25, 0.3) is 11.0 Å². The highest BCUT2D eigenvalue weighted by Gasteiger charge is 2.30. The maximum Gasteiger partial charge on any atom is 0.416 e. The number of halogens is 3. The van der Waals surface area contributed by atoms with Gasteiger partial charge in [0.1, 0.15) is 17.8 Å². The number of carbonyl (C=O) groups is 1. The molecule has 0 saturated carbocycles. The fourth-order valence-corrected chi connectivity index (χ4v) is 3.66. The number of piperidine rings is 1. The lowest BCUT2D eigenvalue weighted by atomic mass is 10.1. The van der Waals surface area contributed by atoms with Crippen molar-refractivity contribution in [1.82, 2.24) is 20.3 Å². The Kier molecular flexibility index (Phi) is 5.47. The van der Waals surface area contributed by atoms with Crippen molar-refractivity contribution in [3.8, 4) is 0 Å². The number of fused-ring (bicyclic) bond motifs is 1. The molecule has 1 amide bonds. The van der Waals surface area contributed by atoms with Gasteiger partial charge in [-0.05, 0) is 37.1 Å². The minimum atomic E-state index is -4.42. The molecule has 1 aliphatic heterocycles. The molecule has 1 saturated heterocycles. The largest absolute Gasteiger partial charge is 0.416 e. The van der Waals surface area contributed by atoms with Crippen molar-refractivity contribution < 1.29 is 18.0 Å². The summed E-state index contributed by atoms with van der Waals surface area (Å²) in [6.07, 6.45) is 0.618. The number of amides is 1. The molecule has 3 aromatic rings. The summed E-state index contributed by atoms with van der Waals surface area (Å²) in [5.74, 6) is 0.552. The molecule has 1 atom stereocenters. The van der Waals surface area contributed by atoms with Crippen LogP contribution in [0.5, 0.6) is 0 Å². The standard InChI is InChI=1S/C20H21F3N6O/c21-20(22,23)13-3-1-4-14(9-13)25-10-17(30)28-15-5-2-8-29(11-15)19-16-6-7-24-18(16)26-12-27-19/h1,3-4,6-7,9,12,15,25H,2,5,8,10-11H2,(H,28,30)(H,24,26,27)/t15-/m1/s1. The first-order valence-electron chi connectivity index (χ1n) is 9.64. The van der Waals surface area contributed by atoms with Gasteiger partial charge in [0.05, 0.1) is 17.5 Å². The van der Waals surface area contributed by atoms with Gasteiger partial charge >= 0.3 is 6.18 Å². The summed E-state index contributed by atoms with van der Waals surface area (Å²) in [5.41, 5.74) is 0.259. The Labute approximate surface area is 170 Å². The van der Waals surface area contributed by atoms with E-state index in [2.05, 4.69) is 30.5 Å². The van der Waals surface area contributed by atoms with E-state index in [4.69, 9.17) is 0 Å². The Morgan fingerprint density at radius 3 is 2.97 bits per heavy atom. The van der Waals surface area contributed by atoms with Gasteiger partial charge in [-0.2, -0.15) is 13.2 Å². The smallest absolute Gasteiger partial charge is 0.376 e. The van der Waals surface area contributed by atoms with E-state index in [0.717, 1.165) is 48.4 Å². The minimum absolute atomic E-state index is 0.0708. The van der Waals surface area contributed by atoms with Gasteiger partial charge in [0.15, 0.2) is 0 Å². The highest BCUT2D eigenvalue weighted by molar-refractivity contribution is 5.87. The molecule has 2 aromatic heterocycles. The molecule has 0 bridgehead atoms. The summed E-state index contributed by atoms with van der Waals surface area (Å²) in [6.45, 7) is 1.33. The van der Waals surface area contributed by atoms with Crippen LogP contribution in [0.4, 0.5) is 24.7 Å². The molecular formula is C20H21F3N6O. The molecule has 30 heavy (non-hydrogen) atoms. The normalized spacial score (nSPS) is 17.2. The van der Waals surface area contributed by atoms with Crippen molar-refractivity contribution in [1.29, 1.82) is 0 Å². The van der Waals surface area contributed by atoms with Gasteiger partial charge in [-0.25, -0.2) is 9.97 Å². The zero-order valence-corrected chi connectivity index (χ0v) is 16.0. The third-order valence-electron chi connectivity index (χ3n) is 5.06. The molecule has 7 nitrogen and oxygen atoms in total. The molecule has 0 unspecified atom stereocenters. The van der Waals surface area contributed by atoms with E-state index in [-0.39, 0.29) is 24.2 Å². The molecule has 3 N–H and O–H groups in total. The number of nitrogens with zero attached hydrogens (tertiary/aromatic N) is 3. The summed E-state index contributed by atoms with van der Waals surface area (Å²) in [7, 11) is 0. The Hall–Kier alpha value is -3.30. The number of aromatic amines is 1. The van der Waals surface area contributed by atoms with E-state index in [1.165, 1.54) is 18.5 Å². The van der Waals surface area contributed by atoms with Crippen molar-refractivity contribution in [2.45, 2.75) is 25.1 Å². The topological polar surface area (TPSA) is 85.9 Å². The fourth-order valence-electron chi connectivity index (χ4n) is 3.66. The van der Waals surface area contributed by atoms with Crippen LogP contribution in [-0.2, 0) is 11.0 Å². The number of H-pyrrole nitrogens is 1. The van der Waals surface area contributed by atoms with Crippen LogP contribution in [0.2, 0.25) is 0 Å². The zero-order valence-electron chi connectivity index (χ0n) is 16.0. The van der Waals surface area contributed by atoms with Crippen LogP contribution in [0.1, 0.15) is 18.4 Å². The summed E-state index contributed by atoms with van der Waals surface area (Å²) in [6, 6.07) is 6.65. The lowest BCUT2D eigenvalue weighted by Crippen LogP contribution is -2.49. The Balaban J connectivity index is 1.34. The minimum Gasteiger partial charge on any atom is -0.376 e. The number of rotatable bonds is 5. The highest BCUT2D eigenvalue weighted by Crippen LogP contribution is 2.30. The first-order chi connectivity index (χ1) is 14.4. The Morgan fingerprint density at radius 2 is 2.13 bits per heavy atom. The molecule has 158 valence electrons. The monoisotopic (exact) mass is 418 g/mol. The lowest BCUT2D eigenvalue weighted by molar-refractivity contribution is -0.137. The van der Waals surface area contributed by atoms with Crippen LogP contribution < -0.4 is 15.5 Å². The highest BCUT2D eigenvalue weighted by atomic mass is 19.4. The van der Waals surface area contributed by atoms with Crippen molar-refractivity contribution in [3.63, 3.8) is 0 Å². The third-order valence-corrected chi connectivity index (χ3v) is 5.06. The second-order valence-corrected chi connectivity index (χ2v) is 7.22. The molecule has 1 aromatic carbocycles. The number of anilines is 2. The van der Waals surface area contributed by atoms with Gasteiger partial charge in [-0.3, -0.25) is 4.79 Å². The second kappa shape index (κ2) is 8.21. The first-order valence-corrected chi connectivity index (χ1v) is 9.64. The fraction of sp³-hybridized carbons (Fsp3) is 0.350. The summed E-state index contributed by atoms with van der Waals surface area (Å²) < 4.78 is 38.4. The average molecular weight is 418 g/mol. The first kappa shape index (κ1) is 20.0. The van der Waals surface area contributed by atoms with Crippen molar-refractivity contribution in [3.05, 3.63) is 48.4 Å². The maximum absolute atomic E-state index is 12.8. The van der Waals surface area contributed by atoms with E-state index in [1.807, 2.05) is 12.3 Å². The number of aromatic nitrogens is 3. The molecule has 1 aliphatic rings. The third kappa shape index (κ3) is 4.47. The van der Waals surface area contributed by atoms with Crippen LogP contribution in [0.3, 0.4) is 0 Å². The predicted molar refractivity (Wildman–Crippen MR) is 107 cm³/mol. The molecule has 10 heteroatoms. The summed E-state index contributed by atoms with van der Waals surface area (Å²) in [5, 5.41) is 6.65. The number of alkyl halides is 3. The second-order valence-electron chi connectivity index (χ2n) is 7.22. The number of nitrogens with one attached hydrogen (secondary N) is 3. The quantitative estimate of drug-likeness (QED) is 0.593. The van der Waals surface area contributed by atoms with Crippen LogP contribution in [0, 0.1) is 0 Å². The van der Waals surface area contributed by atoms with Crippen molar-refractivity contribution in [2.24, 2.45) is 0 Å². The SMILES string of the molecule is O=C(CNc1cccc(C(F)(F)F)c1)N[C@@H]1CCCN(c2ncnc3[nH]ccc23)C1. The maximum atomic E-state index is 12.8. The molecule has 0 spiro atoms. The van der Waals surface area contributed by atoms with Crippen LogP contribution in [-0.4, -0.2) is 46.5 Å². The molecule has 1 fully saturated rings. The zero-order chi connectivity index (χ0) is 21.1. The Morgan fingerprint density at radius 1 is 1.27 bits per heavy atom. The summed E-state index contributed by atoms with van der Waals surface area (Å²) >= 11 is 0. The van der Waals surface area contributed by atoms with Gasteiger partial charge in [0.25, 0.3) is 0 Å². The number of hydrogen-bond donors (Lipinski definition) is 3. The number of hydrogen-bond acceptors (Lipinski definition) is 5. The van der Waals surface area contributed by atoms with E-state index in [9.17, 15) is 18.0 Å². The molecule has 4 rings (SSSR count). The van der Waals surface area contributed by atoms with Gasteiger partial charge in [0.2, 0.25) is 5.91 Å². The van der Waals surface area contributed by atoms with Gasteiger partial charge < -0.3 is 20.5 Å². The number of benzene rings is 1. The number of carbonyl (C=O) groups excluding carboxylic acids is 1. The van der Waals surface area contributed by atoms with E-state index < -0.39 is 11.7 Å². The molecule has 3 heterocycles. The van der Waals surface area contributed by atoms with Crippen molar-refractivity contribution >= 4 is 28.4 Å². The summed E-state index contributed by atoms with van der Waals surface area (Å²) in [4.78, 5) is 26.1. The Bertz CT molecular complexity index is 1030. The van der Waals surface area contributed by atoms with Gasteiger partial charge in [0, 0.05) is 31.0 Å². The molecular weight excluding hydrogens is 397 g/mol. The molecule has 0 radical (unpaired) electrons. The van der Waals surface area contributed by atoms with E-state index in [0.29, 0.717) is 6.54 Å². The predicted octanol–water partition coefficient (Wildman–Crippen LogP) is 3.17. The molecule has 0 aliphatic carbocycles. The average Bonchev–Trinajstić information content (AvgIpc) is 3.21. The van der Waals surface area contributed by atoms with E-state index in [1.54, 1.807) is 0 Å². The van der Waals surface area contributed by atoms with Gasteiger partial charge in [-0.1, -0.05) is 6.07 Å².